The maximum Gasteiger partial charge on any atom is 0.251 e. The lowest BCUT2D eigenvalue weighted by Crippen LogP contribution is -2.38. The number of piperidine rings is 1. The lowest BCUT2D eigenvalue weighted by atomic mass is 10.0. The number of nitrogens with one attached hydrogen (secondary N) is 1. The highest BCUT2D eigenvalue weighted by molar-refractivity contribution is 7.89. The van der Waals surface area contributed by atoms with Gasteiger partial charge in [0.2, 0.25) is 10.0 Å². The molecule has 1 N–H and O–H groups in total. The third-order valence-electron chi connectivity index (χ3n) is 5.47. The molecule has 1 atom stereocenters. The molecular formula is C20H27N3O3S2. The molecule has 2 aromatic rings. The van der Waals surface area contributed by atoms with Crippen molar-refractivity contribution in [3.63, 3.8) is 0 Å². The number of hydrogen-bond acceptors (Lipinski definition) is 5. The summed E-state index contributed by atoms with van der Waals surface area (Å²) in [5.41, 5.74) is 3.58. The Bertz CT molecular complexity index is 947. The molecule has 0 aliphatic carbocycles. The van der Waals surface area contributed by atoms with Gasteiger partial charge >= 0.3 is 0 Å². The third-order valence-corrected chi connectivity index (χ3v) is 8.45. The van der Waals surface area contributed by atoms with Crippen molar-refractivity contribution in [1.29, 1.82) is 0 Å². The Balaban J connectivity index is 1.89. The van der Waals surface area contributed by atoms with Gasteiger partial charge in [0.25, 0.3) is 5.91 Å². The quantitative estimate of drug-likeness (QED) is 0.799. The van der Waals surface area contributed by atoms with Gasteiger partial charge in [-0.25, -0.2) is 8.42 Å². The van der Waals surface area contributed by atoms with E-state index in [0.717, 1.165) is 23.3 Å². The van der Waals surface area contributed by atoms with Crippen LogP contribution in [-0.2, 0) is 10.0 Å². The van der Waals surface area contributed by atoms with Crippen molar-refractivity contribution in [2.45, 2.75) is 51.5 Å². The van der Waals surface area contributed by atoms with Crippen LogP contribution in [0.5, 0.6) is 0 Å². The van der Waals surface area contributed by atoms with Gasteiger partial charge in [-0.2, -0.15) is 4.31 Å². The van der Waals surface area contributed by atoms with E-state index in [0.29, 0.717) is 30.1 Å². The predicted octanol–water partition coefficient (Wildman–Crippen LogP) is 3.67. The van der Waals surface area contributed by atoms with Gasteiger partial charge < -0.3 is 5.32 Å². The highest BCUT2D eigenvalue weighted by Gasteiger charge is 2.30. The molecule has 1 fully saturated rings. The second kappa shape index (κ2) is 8.31. The van der Waals surface area contributed by atoms with E-state index in [1.807, 2.05) is 13.8 Å². The Morgan fingerprint density at radius 1 is 1.29 bits per heavy atom. The van der Waals surface area contributed by atoms with Crippen molar-refractivity contribution in [3.8, 4) is 0 Å². The molecule has 1 aliphatic rings. The molecule has 1 aromatic carbocycles. The van der Waals surface area contributed by atoms with E-state index in [1.165, 1.54) is 17.4 Å². The number of aryl methyl sites for hydroxylation is 1. The van der Waals surface area contributed by atoms with Gasteiger partial charge in [0.05, 0.1) is 16.4 Å². The summed E-state index contributed by atoms with van der Waals surface area (Å²) in [5, 5.41) is 2.93. The van der Waals surface area contributed by atoms with Crippen LogP contribution in [0, 0.1) is 19.8 Å². The first-order chi connectivity index (χ1) is 13.2. The standard InChI is InChI=1S/C20H27N3O3S2/c1-13-5-7-23(8-6-13)28(25,26)19-10-17(9-14(2)15(19)3)20(24)22-16(4)18-11-21-12-27-18/h9-13,16H,5-8H2,1-4H3,(H,22,24)/t16-/m0/s1. The van der Waals surface area contributed by atoms with Crippen LogP contribution in [0.4, 0.5) is 0 Å². The van der Waals surface area contributed by atoms with E-state index >= 15 is 0 Å². The Labute approximate surface area is 171 Å². The normalized spacial score (nSPS) is 17.4. The fourth-order valence-electron chi connectivity index (χ4n) is 3.38. The number of benzene rings is 1. The van der Waals surface area contributed by atoms with Crippen molar-refractivity contribution in [3.05, 3.63) is 45.4 Å². The lowest BCUT2D eigenvalue weighted by molar-refractivity contribution is 0.0940. The van der Waals surface area contributed by atoms with Gasteiger partial charge in [0, 0.05) is 29.7 Å². The molecule has 1 aromatic heterocycles. The zero-order chi connectivity index (χ0) is 20.5. The van der Waals surface area contributed by atoms with E-state index in [1.54, 1.807) is 29.0 Å². The number of rotatable bonds is 5. The molecule has 0 radical (unpaired) electrons. The van der Waals surface area contributed by atoms with Crippen LogP contribution >= 0.6 is 11.3 Å². The number of carbonyl (C=O) groups is 1. The number of sulfonamides is 1. The number of aromatic nitrogens is 1. The fourth-order valence-corrected chi connectivity index (χ4v) is 5.80. The van der Waals surface area contributed by atoms with Gasteiger partial charge in [-0.05, 0) is 62.8 Å². The summed E-state index contributed by atoms with van der Waals surface area (Å²) in [6.07, 6.45) is 3.46. The SMILES string of the molecule is Cc1cc(C(=O)N[C@@H](C)c2cncs2)cc(S(=O)(=O)N2CCC(C)CC2)c1C. The van der Waals surface area contributed by atoms with Crippen molar-refractivity contribution >= 4 is 27.3 Å². The minimum absolute atomic E-state index is 0.190. The Hall–Kier alpha value is -1.77. The molecule has 28 heavy (non-hydrogen) atoms. The topological polar surface area (TPSA) is 79.4 Å². The van der Waals surface area contributed by atoms with E-state index in [4.69, 9.17) is 0 Å². The fraction of sp³-hybridized carbons (Fsp3) is 0.500. The number of hydrogen-bond donors (Lipinski definition) is 1. The lowest BCUT2D eigenvalue weighted by Gasteiger charge is -2.30. The Morgan fingerprint density at radius 2 is 1.96 bits per heavy atom. The molecule has 1 aliphatic heterocycles. The molecule has 3 rings (SSSR count). The minimum atomic E-state index is -3.62. The predicted molar refractivity (Wildman–Crippen MR) is 111 cm³/mol. The first-order valence-electron chi connectivity index (χ1n) is 9.50. The number of thiazole rings is 1. The van der Waals surface area contributed by atoms with Gasteiger partial charge in [-0.1, -0.05) is 6.92 Å². The van der Waals surface area contributed by atoms with Gasteiger partial charge in [0.15, 0.2) is 0 Å². The smallest absolute Gasteiger partial charge is 0.251 e. The summed E-state index contributed by atoms with van der Waals surface area (Å²) < 4.78 is 28.0. The van der Waals surface area contributed by atoms with Crippen molar-refractivity contribution in [2.24, 2.45) is 5.92 Å². The minimum Gasteiger partial charge on any atom is -0.345 e. The average molecular weight is 422 g/mol. The third kappa shape index (κ3) is 4.29. The van der Waals surface area contributed by atoms with Crippen LogP contribution in [0.3, 0.4) is 0 Å². The second-order valence-corrected chi connectivity index (χ2v) is 10.4. The van der Waals surface area contributed by atoms with Gasteiger partial charge in [-0.3, -0.25) is 9.78 Å². The van der Waals surface area contributed by atoms with Crippen LogP contribution in [0.2, 0.25) is 0 Å². The second-order valence-electron chi connectivity index (χ2n) is 7.60. The molecule has 0 unspecified atom stereocenters. The average Bonchev–Trinajstić information content (AvgIpc) is 3.18. The maximum absolute atomic E-state index is 13.2. The molecule has 2 heterocycles. The van der Waals surface area contributed by atoms with Crippen molar-refractivity contribution in [1.82, 2.24) is 14.6 Å². The van der Waals surface area contributed by atoms with Crippen LogP contribution in [0.25, 0.3) is 0 Å². The van der Waals surface area contributed by atoms with E-state index in [9.17, 15) is 13.2 Å². The van der Waals surface area contributed by atoms with Crippen LogP contribution in [0.1, 0.15) is 59.1 Å². The first kappa shape index (κ1) is 21.0. The van der Waals surface area contributed by atoms with Gasteiger partial charge in [0.1, 0.15) is 0 Å². The van der Waals surface area contributed by atoms with Crippen molar-refractivity contribution in [2.75, 3.05) is 13.1 Å². The molecule has 1 saturated heterocycles. The summed E-state index contributed by atoms with van der Waals surface area (Å²) in [5.74, 6) is 0.257. The van der Waals surface area contributed by atoms with Gasteiger partial charge in [-0.15, -0.1) is 11.3 Å². The summed E-state index contributed by atoms with van der Waals surface area (Å²) in [4.78, 5) is 18.0. The Morgan fingerprint density at radius 3 is 2.57 bits per heavy atom. The largest absolute Gasteiger partial charge is 0.345 e. The highest BCUT2D eigenvalue weighted by Crippen LogP contribution is 2.28. The number of carbonyl (C=O) groups excluding carboxylic acids is 1. The molecule has 0 bridgehead atoms. The summed E-state index contributed by atoms with van der Waals surface area (Å²) in [6.45, 7) is 8.74. The summed E-state index contributed by atoms with van der Waals surface area (Å²) in [6, 6.07) is 3.08. The summed E-state index contributed by atoms with van der Waals surface area (Å²) >= 11 is 1.47. The molecule has 8 heteroatoms. The van der Waals surface area contributed by atoms with E-state index in [2.05, 4.69) is 17.2 Å². The monoisotopic (exact) mass is 421 g/mol. The van der Waals surface area contributed by atoms with Crippen LogP contribution in [0.15, 0.2) is 28.7 Å². The van der Waals surface area contributed by atoms with Crippen LogP contribution in [-0.4, -0.2) is 36.7 Å². The Kier molecular flexibility index (Phi) is 6.21. The van der Waals surface area contributed by atoms with Crippen LogP contribution < -0.4 is 5.32 Å². The molecule has 0 spiro atoms. The maximum atomic E-state index is 13.2. The molecule has 0 saturated carbocycles. The number of amides is 1. The molecule has 6 nitrogen and oxygen atoms in total. The zero-order valence-corrected chi connectivity index (χ0v) is 18.4. The molecule has 1 amide bonds. The van der Waals surface area contributed by atoms with Crippen molar-refractivity contribution < 1.29 is 13.2 Å². The molecular weight excluding hydrogens is 394 g/mol. The highest BCUT2D eigenvalue weighted by atomic mass is 32.2. The van der Waals surface area contributed by atoms with E-state index < -0.39 is 10.0 Å². The first-order valence-corrected chi connectivity index (χ1v) is 11.8. The summed E-state index contributed by atoms with van der Waals surface area (Å²) in [7, 11) is -3.62. The molecule has 152 valence electrons. The van der Waals surface area contributed by atoms with E-state index in [-0.39, 0.29) is 16.8 Å². The zero-order valence-electron chi connectivity index (χ0n) is 16.7. The number of nitrogens with zero attached hydrogens (tertiary/aromatic N) is 2.